The second-order valence-corrected chi connectivity index (χ2v) is 3.19. The second kappa shape index (κ2) is 1.47. The third kappa shape index (κ3) is 0.640. The van der Waals surface area contributed by atoms with Gasteiger partial charge in [0.1, 0.15) is 0 Å². The Bertz CT molecular complexity index is 175. The van der Waals surface area contributed by atoms with E-state index in [2.05, 4.69) is 6.08 Å². The zero-order chi connectivity index (χ0) is 6.32. The average Bonchev–Trinajstić information content (AvgIpc) is 2.09. The molecule has 1 spiro atoms. The predicted octanol–water partition coefficient (Wildman–Crippen LogP) is 1.69. The van der Waals surface area contributed by atoms with Crippen molar-refractivity contribution in [3.8, 4) is 0 Å². The highest BCUT2D eigenvalue weighted by Gasteiger charge is 2.38. The summed E-state index contributed by atoms with van der Waals surface area (Å²) in [5.41, 5.74) is 0.358. The van der Waals surface area contributed by atoms with Crippen molar-refractivity contribution in [3.05, 3.63) is 12.2 Å². The Morgan fingerprint density at radius 3 is 2.44 bits per heavy atom. The third-order valence-electron chi connectivity index (χ3n) is 2.50. The van der Waals surface area contributed by atoms with Crippen molar-refractivity contribution in [2.75, 3.05) is 0 Å². The second-order valence-electron chi connectivity index (χ2n) is 3.19. The first-order valence-corrected chi connectivity index (χ1v) is 3.53. The molecule has 0 radical (unpaired) electrons. The lowest BCUT2D eigenvalue weighted by Crippen LogP contribution is -2.25. The summed E-state index contributed by atoms with van der Waals surface area (Å²) in [7, 11) is 0. The summed E-state index contributed by atoms with van der Waals surface area (Å²) in [6.45, 7) is 0. The number of hydrogen-bond donors (Lipinski definition) is 0. The molecular formula is C8H10O. The first-order valence-electron chi connectivity index (χ1n) is 3.53. The lowest BCUT2D eigenvalue weighted by molar-refractivity contribution is -0.115. The van der Waals surface area contributed by atoms with E-state index >= 15 is 0 Å². The van der Waals surface area contributed by atoms with Crippen LogP contribution in [0.4, 0.5) is 0 Å². The van der Waals surface area contributed by atoms with E-state index in [1.54, 1.807) is 6.08 Å². The average molecular weight is 122 g/mol. The van der Waals surface area contributed by atoms with Crippen molar-refractivity contribution < 1.29 is 4.79 Å². The van der Waals surface area contributed by atoms with Crippen LogP contribution < -0.4 is 0 Å². The molecule has 0 aliphatic heterocycles. The predicted molar refractivity (Wildman–Crippen MR) is 35.0 cm³/mol. The number of carbonyl (C=O) groups is 1. The molecule has 0 aromatic carbocycles. The minimum atomic E-state index is 0.328. The van der Waals surface area contributed by atoms with Gasteiger partial charge in [0.05, 0.1) is 0 Å². The molecule has 48 valence electrons. The molecule has 0 heterocycles. The highest BCUT2D eigenvalue weighted by molar-refractivity contribution is 5.93. The Labute approximate surface area is 54.8 Å². The number of ketones is 1. The molecule has 2 rings (SSSR count). The fourth-order valence-corrected chi connectivity index (χ4v) is 1.71. The van der Waals surface area contributed by atoms with Gasteiger partial charge in [-0.05, 0) is 24.3 Å². The molecule has 0 aromatic rings. The Balaban J connectivity index is 2.17. The van der Waals surface area contributed by atoms with Crippen molar-refractivity contribution in [1.29, 1.82) is 0 Å². The van der Waals surface area contributed by atoms with Crippen LogP contribution in [0.1, 0.15) is 25.7 Å². The van der Waals surface area contributed by atoms with Gasteiger partial charge >= 0.3 is 0 Å². The summed E-state index contributed by atoms with van der Waals surface area (Å²) >= 11 is 0. The SMILES string of the molecule is O=C1C=CC2(CCC2)C1. The van der Waals surface area contributed by atoms with E-state index < -0.39 is 0 Å². The maximum atomic E-state index is 10.8. The molecule has 0 bridgehead atoms. The highest BCUT2D eigenvalue weighted by Crippen LogP contribution is 2.47. The zero-order valence-corrected chi connectivity index (χ0v) is 5.39. The van der Waals surface area contributed by atoms with Gasteiger partial charge in [-0.15, -0.1) is 0 Å². The van der Waals surface area contributed by atoms with Crippen LogP contribution in [0, 0.1) is 5.41 Å². The summed E-state index contributed by atoms with van der Waals surface area (Å²) in [6, 6.07) is 0. The molecule has 1 saturated carbocycles. The Kier molecular flexibility index (Phi) is 0.850. The molecule has 0 N–H and O–H groups in total. The number of rotatable bonds is 0. The van der Waals surface area contributed by atoms with Gasteiger partial charge in [-0.25, -0.2) is 0 Å². The standard InChI is InChI=1S/C8H10O/c9-7-2-5-8(6-7)3-1-4-8/h2,5H,1,3-4,6H2. The fourth-order valence-electron chi connectivity index (χ4n) is 1.71. The Morgan fingerprint density at radius 1 is 1.44 bits per heavy atom. The first kappa shape index (κ1) is 5.21. The monoisotopic (exact) mass is 122 g/mol. The molecular weight excluding hydrogens is 112 g/mol. The van der Waals surface area contributed by atoms with E-state index in [1.165, 1.54) is 19.3 Å². The third-order valence-corrected chi connectivity index (χ3v) is 2.50. The van der Waals surface area contributed by atoms with Crippen LogP contribution in [0.15, 0.2) is 12.2 Å². The first-order chi connectivity index (χ1) is 4.31. The van der Waals surface area contributed by atoms with Gasteiger partial charge in [0.2, 0.25) is 0 Å². The van der Waals surface area contributed by atoms with E-state index in [1.807, 2.05) is 0 Å². The molecule has 1 heteroatoms. The molecule has 0 aromatic heterocycles. The minimum Gasteiger partial charge on any atom is -0.295 e. The summed E-state index contributed by atoms with van der Waals surface area (Å²) in [5, 5.41) is 0. The van der Waals surface area contributed by atoms with Gasteiger partial charge in [-0.1, -0.05) is 12.5 Å². The minimum absolute atomic E-state index is 0.328. The Hall–Kier alpha value is -0.590. The van der Waals surface area contributed by atoms with Crippen molar-refractivity contribution >= 4 is 5.78 Å². The maximum Gasteiger partial charge on any atom is 0.156 e. The van der Waals surface area contributed by atoms with Gasteiger partial charge < -0.3 is 0 Å². The van der Waals surface area contributed by atoms with Crippen molar-refractivity contribution in [2.24, 2.45) is 5.41 Å². The highest BCUT2D eigenvalue weighted by atomic mass is 16.1. The number of hydrogen-bond acceptors (Lipinski definition) is 1. The molecule has 1 nitrogen and oxygen atoms in total. The zero-order valence-electron chi connectivity index (χ0n) is 5.39. The van der Waals surface area contributed by atoms with Crippen LogP contribution in [-0.2, 0) is 4.79 Å². The van der Waals surface area contributed by atoms with Gasteiger partial charge in [0.25, 0.3) is 0 Å². The molecule has 1 fully saturated rings. The quantitative estimate of drug-likeness (QED) is 0.477. The maximum absolute atomic E-state index is 10.8. The van der Waals surface area contributed by atoms with Crippen LogP contribution in [0.5, 0.6) is 0 Å². The van der Waals surface area contributed by atoms with Gasteiger partial charge in [0, 0.05) is 6.42 Å². The van der Waals surface area contributed by atoms with E-state index in [9.17, 15) is 4.79 Å². The van der Waals surface area contributed by atoms with Crippen molar-refractivity contribution in [1.82, 2.24) is 0 Å². The van der Waals surface area contributed by atoms with E-state index in [4.69, 9.17) is 0 Å². The van der Waals surface area contributed by atoms with Crippen LogP contribution in [0.2, 0.25) is 0 Å². The summed E-state index contributed by atoms with van der Waals surface area (Å²) in [4.78, 5) is 10.8. The molecule has 2 aliphatic rings. The molecule has 2 aliphatic carbocycles. The molecule has 0 saturated heterocycles. The molecule has 0 amide bonds. The molecule has 9 heavy (non-hydrogen) atoms. The summed E-state index contributed by atoms with van der Waals surface area (Å²) in [5.74, 6) is 0.328. The van der Waals surface area contributed by atoms with Crippen molar-refractivity contribution in [3.63, 3.8) is 0 Å². The van der Waals surface area contributed by atoms with Crippen LogP contribution in [-0.4, -0.2) is 5.78 Å². The topological polar surface area (TPSA) is 17.1 Å². The van der Waals surface area contributed by atoms with E-state index in [0.717, 1.165) is 6.42 Å². The van der Waals surface area contributed by atoms with Crippen molar-refractivity contribution in [2.45, 2.75) is 25.7 Å². The summed E-state index contributed by atoms with van der Waals surface area (Å²) in [6.07, 6.45) is 8.47. The van der Waals surface area contributed by atoms with Gasteiger partial charge in [-0.2, -0.15) is 0 Å². The van der Waals surface area contributed by atoms with Crippen LogP contribution in [0.25, 0.3) is 0 Å². The Morgan fingerprint density at radius 2 is 2.22 bits per heavy atom. The smallest absolute Gasteiger partial charge is 0.156 e. The van der Waals surface area contributed by atoms with Crippen LogP contribution >= 0.6 is 0 Å². The van der Waals surface area contributed by atoms with Crippen LogP contribution in [0.3, 0.4) is 0 Å². The lowest BCUT2D eigenvalue weighted by atomic mass is 9.69. The normalized spacial score (nSPS) is 29.1. The number of carbonyl (C=O) groups excluding carboxylic acids is 1. The van der Waals surface area contributed by atoms with Gasteiger partial charge in [-0.3, -0.25) is 4.79 Å². The largest absolute Gasteiger partial charge is 0.295 e. The molecule has 0 unspecified atom stereocenters. The fraction of sp³-hybridized carbons (Fsp3) is 0.625. The summed E-state index contributed by atoms with van der Waals surface area (Å²) < 4.78 is 0. The lowest BCUT2D eigenvalue weighted by Gasteiger charge is -2.35. The van der Waals surface area contributed by atoms with E-state index in [-0.39, 0.29) is 0 Å². The van der Waals surface area contributed by atoms with E-state index in [0.29, 0.717) is 11.2 Å². The molecule has 0 atom stereocenters. The van der Waals surface area contributed by atoms with Gasteiger partial charge in [0.15, 0.2) is 5.78 Å². The number of allylic oxidation sites excluding steroid dienone is 2.